The standard InChI is InChI=1S/C28H28N4O3/c1-3-18-31(20-27(33)29-23-16-10-11-17-26(23)35-2)28(34)25-19-24(21-12-6-4-7-13-21)30-32(25)22-14-8-5-9-15-22/h4-17,19H,3,18,20H2,1-2H3,(H,29,33). The van der Waals surface area contributed by atoms with E-state index in [1.807, 2.05) is 79.7 Å². The van der Waals surface area contributed by atoms with Crippen LogP contribution in [0.4, 0.5) is 5.69 Å². The molecule has 2 amide bonds. The molecule has 0 saturated carbocycles. The van der Waals surface area contributed by atoms with Crippen LogP contribution in [0.2, 0.25) is 0 Å². The molecule has 0 aliphatic rings. The summed E-state index contributed by atoms with van der Waals surface area (Å²) in [5, 5.41) is 7.59. The summed E-state index contributed by atoms with van der Waals surface area (Å²) in [6.45, 7) is 2.31. The summed E-state index contributed by atoms with van der Waals surface area (Å²) in [4.78, 5) is 28.2. The number of nitrogens with zero attached hydrogens (tertiary/aromatic N) is 3. The number of ether oxygens (including phenoxy) is 1. The topological polar surface area (TPSA) is 76.5 Å². The first kappa shape index (κ1) is 23.8. The van der Waals surface area contributed by atoms with Crippen LogP contribution in [0.1, 0.15) is 23.8 Å². The van der Waals surface area contributed by atoms with E-state index in [1.54, 1.807) is 34.9 Å². The number of nitrogens with one attached hydrogen (secondary N) is 1. The van der Waals surface area contributed by atoms with Gasteiger partial charge in [-0.05, 0) is 36.8 Å². The third-order valence-electron chi connectivity index (χ3n) is 5.50. The number of methoxy groups -OCH3 is 1. The Morgan fingerprint density at radius 2 is 1.60 bits per heavy atom. The van der Waals surface area contributed by atoms with Crippen molar-refractivity contribution >= 4 is 17.5 Å². The van der Waals surface area contributed by atoms with Gasteiger partial charge in [-0.1, -0.05) is 67.6 Å². The van der Waals surface area contributed by atoms with Crippen LogP contribution in [0.3, 0.4) is 0 Å². The number of hydrogen-bond acceptors (Lipinski definition) is 4. The summed E-state index contributed by atoms with van der Waals surface area (Å²) in [6, 6.07) is 28.2. The van der Waals surface area contributed by atoms with Crippen LogP contribution < -0.4 is 10.1 Å². The molecule has 1 heterocycles. The van der Waals surface area contributed by atoms with Gasteiger partial charge in [0.15, 0.2) is 0 Å². The van der Waals surface area contributed by atoms with Gasteiger partial charge in [-0.25, -0.2) is 4.68 Å². The lowest BCUT2D eigenvalue weighted by Gasteiger charge is -2.22. The molecule has 0 bridgehead atoms. The summed E-state index contributed by atoms with van der Waals surface area (Å²) >= 11 is 0. The normalized spacial score (nSPS) is 10.6. The summed E-state index contributed by atoms with van der Waals surface area (Å²) in [6.07, 6.45) is 0.707. The second-order valence-corrected chi connectivity index (χ2v) is 8.00. The van der Waals surface area contributed by atoms with E-state index in [4.69, 9.17) is 9.84 Å². The summed E-state index contributed by atoms with van der Waals surface area (Å²) < 4.78 is 6.96. The molecule has 7 heteroatoms. The Labute approximate surface area is 205 Å². The Kier molecular flexibility index (Phi) is 7.57. The molecule has 0 fully saturated rings. The molecule has 0 spiro atoms. The molecular formula is C28H28N4O3. The molecule has 0 aliphatic heterocycles. The van der Waals surface area contributed by atoms with Crippen LogP contribution in [-0.4, -0.2) is 46.7 Å². The zero-order valence-electron chi connectivity index (χ0n) is 19.8. The van der Waals surface area contributed by atoms with Gasteiger partial charge in [-0.2, -0.15) is 5.10 Å². The number of benzene rings is 3. The first-order valence-corrected chi connectivity index (χ1v) is 11.5. The third-order valence-corrected chi connectivity index (χ3v) is 5.50. The molecule has 3 aromatic carbocycles. The van der Waals surface area contributed by atoms with Crippen molar-refractivity contribution in [1.82, 2.24) is 14.7 Å². The van der Waals surface area contributed by atoms with E-state index in [9.17, 15) is 9.59 Å². The fourth-order valence-electron chi connectivity index (χ4n) is 3.84. The molecule has 0 unspecified atom stereocenters. The van der Waals surface area contributed by atoms with E-state index in [1.165, 1.54) is 0 Å². The van der Waals surface area contributed by atoms with Crippen molar-refractivity contribution in [2.45, 2.75) is 13.3 Å². The average molecular weight is 469 g/mol. The molecule has 0 aliphatic carbocycles. The Bertz CT molecular complexity index is 1290. The van der Waals surface area contributed by atoms with Crippen molar-refractivity contribution in [3.8, 4) is 22.7 Å². The van der Waals surface area contributed by atoms with Crippen molar-refractivity contribution in [1.29, 1.82) is 0 Å². The van der Waals surface area contributed by atoms with Crippen LogP contribution in [0.15, 0.2) is 91.0 Å². The molecule has 7 nitrogen and oxygen atoms in total. The highest BCUT2D eigenvalue weighted by Gasteiger charge is 2.24. The van der Waals surface area contributed by atoms with E-state index in [2.05, 4.69) is 5.32 Å². The largest absolute Gasteiger partial charge is 0.495 e. The minimum absolute atomic E-state index is 0.0919. The Morgan fingerprint density at radius 1 is 0.943 bits per heavy atom. The van der Waals surface area contributed by atoms with Gasteiger partial charge in [0.05, 0.1) is 24.2 Å². The molecule has 4 aromatic rings. The molecule has 0 saturated heterocycles. The fourth-order valence-corrected chi connectivity index (χ4v) is 3.84. The number of para-hydroxylation sites is 3. The van der Waals surface area contributed by atoms with Crippen LogP contribution in [0.25, 0.3) is 16.9 Å². The Balaban J connectivity index is 1.64. The Hall–Kier alpha value is -4.39. The zero-order chi connectivity index (χ0) is 24.6. The van der Waals surface area contributed by atoms with Gasteiger partial charge >= 0.3 is 0 Å². The van der Waals surface area contributed by atoms with Crippen LogP contribution >= 0.6 is 0 Å². The first-order chi connectivity index (χ1) is 17.1. The van der Waals surface area contributed by atoms with Crippen molar-refractivity contribution in [2.75, 3.05) is 25.5 Å². The number of carbonyl (C=O) groups excluding carboxylic acids is 2. The fraction of sp³-hybridized carbons (Fsp3) is 0.179. The predicted octanol–water partition coefficient (Wildman–Crippen LogP) is 5.04. The molecule has 4 rings (SSSR count). The number of amides is 2. The highest BCUT2D eigenvalue weighted by Crippen LogP contribution is 2.24. The minimum atomic E-state index is -0.301. The maximum atomic E-state index is 13.7. The van der Waals surface area contributed by atoms with E-state index < -0.39 is 0 Å². The molecule has 35 heavy (non-hydrogen) atoms. The number of hydrogen-bond donors (Lipinski definition) is 1. The SMILES string of the molecule is CCCN(CC(=O)Nc1ccccc1OC)C(=O)c1cc(-c2ccccc2)nn1-c1ccccc1. The second kappa shape index (κ2) is 11.2. The van der Waals surface area contributed by atoms with Crippen molar-refractivity contribution in [3.63, 3.8) is 0 Å². The van der Waals surface area contributed by atoms with Gasteiger partial charge in [-0.3, -0.25) is 9.59 Å². The summed E-state index contributed by atoms with van der Waals surface area (Å²) in [5.74, 6) is -0.00482. The van der Waals surface area contributed by atoms with E-state index >= 15 is 0 Å². The predicted molar refractivity (Wildman–Crippen MR) is 137 cm³/mol. The third kappa shape index (κ3) is 5.58. The smallest absolute Gasteiger partial charge is 0.273 e. The molecule has 1 aromatic heterocycles. The summed E-state index contributed by atoms with van der Waals surface area (Å²) in [7, 11) is 1.55. The van der Waals surface area contributed by atoms with E-state index in [0.717, 1.165) is 11.3 Å². The Morgan fingerprint density at radius 3 is 2.29 bits per heavy atom. The van der Waals surface area contributed by atoms with E-state index in [0.29, 0.717) is 35.8 Å². The highest BCUT2D eigenvalue weighted by molar-refractivity contribution is 6.00. The van der Waals surface area contributed by atoms with E-state index in [-0.39, 0.29) is 18.4 Å². The zero-order valence-corrected chi connectivity index (χ0v) is 19.8. The van der Waals surface area contributed by atoms with Crippen molar-refractivity contribution in [2.24, 2.45) is 0 Å². The molecule has 1 N–H and O–H groups in total. The van der Waals surface area contributed by atoms with Gasteiger partial charge in [0, 0.05) is 12.1 Å². The number of anilines is 1. The number of aromatic nitrogens is 2. The lowest BCUT2D eigenvalue weighted by Crippen LogP contribution is -2.39. The van der Waals surface area contributed by atoms with Crippen LogP contribution in [-0.2, 0) is 4.79 Å². The first-order valence-electron chi connectivity index (χ1n) is 11.5. The maximum Gasteiger partial charge on any atom is 0.273 e. The molecular weight excluding hydrogens is 440 g/mol. The quantitative estimate of drug-likeness (QED) is 0.373. The molecule has 0 atom stereocenters. The molecule has 178 valence electrons. The number of carbonyl (C=O) groups is 2. The summed E-state index contributed by atoms with van der Waals surface area (Å²) in [5.41, 5.74) is 3.33. The maximum absolute atomic E-state index is 13.7. The van der Waals surface area contributed by atoms with Gasteiger partial charge in [0.2, 0.25) is 5.91 Å². The van der Waals surface area contributed by atoms with Crippen molar-refractivity contribution in [3.05, 3.63) is 96.7 Å². The average Bonchev–Trinajstić information content (AvgIpc) is 3.35. The lowest BCUT2D eigenvalue weighted by atomic mass is 10.1. The molecule has 0 radical (unpaired) electrons. The van der Waals surface area contributed by atoms with Crippen LogP contribution in [0, 0.1) is 0 Å². The monoisotopic (exact) mass is 468 g/mol. The highest BCUT2D eigenvalue weighted by atomic mass is 16.5. The lowest BCUT2D eigenvalue weighted by molar-refractivity contribution is -0.116. The van der Waals surface area contributed by atoms with Gasteiger partial charge < -0.3 is 15.0 Å². The van der Waals surface area contributed by atoms with Crippen LogP contribution in [0.5, 0.6) is 5.75 Å². The van der Waals surface area contributed by atoms with Gasteiger partial charge in [-0.15, -0.1) is 0 Å². The van der Waals surface area contributed by atoms with Gasteiger partial charge in [0.25, 0.3) is 5.91 Å². The van der Waals surface area contributed by atoms with Gasteiger partial charge in [0.1, 0.15) is 18.0 Å². The minimum Gasteiger partial charge on any atom is -0.495 e. The van der Waals surface area contributed by atoms with Crippen molar-refractivity contribution < 1.29 is 14.3 Å². The second-order valence-electron chi connectivity index (χ2n) is 8.00. The number of rotatable bonds is 9.